The van der Waals surface area contributed by atoms with Crippen LogP contribution in [0.15, 0.2) is 36.5 Å². The van der Waals surface area contributed by atoms with E-state index in [4.69, 9.17) is 0 Å². The second-order valence-electron chi connectivity index (χ2n) is 4.88. The van der Waals surface area contributed by atoms with Crippen LogP contribution in [0.5, 0.6) is 0 Å². The third kappa shape index (κ3) is 3.24. The van der Waals surface area contributed by atoms with Gasteiger partial charge in [-0.05, 0) is 43.5 Å². The molecule has 1 heterocycles. The van der Waals surface area contributed by atoms with Crippen molar-refractivity contribution in [3.8, 4) is 0 Å². The van der Waals surface area contributed by atoms with Crippen molar-refractivity contribution in [1.29, 1.82) is 0 Å². The average molecular weight is 257 g/mol. The van der Waals surface area contributed by atoms with E-state index in [1.54, 1.807) is 0 Å². The van der Waals surface area contributed by atoms with Gasteiger partial charge in [0, 0.05) is 25.0 Å². The van der Waals surface area contributed by atoms with Crippen LogP contribution in [0, 0.1) is 0 Å². The van der Waals surface area contributed by atoms with E-state index in [9.17, 15) is 0 Å². The van der Waals surface area contributed by atoms with E-state index < -0.39 is 0 Å². The minimum absolute atomic E-state index is 0.408. The molecule has 102 valence electrons. The zero-order valence-corrected chi connectivity index (χ0v) is 12.1. The first-order chi connectivity index (χ1) is 9.26. The third-order valence-corrected chi connectivity index (χ3v) is 3.77. The molecule has 1 aromatic carbocycles. The SMILES string of the molecule is CCc1ccccc1C(CCc1ccnn1C)NC. The number of nitrogens with one attached hydrogen (secondary N) is 1. The van der Waals surface area contributed by atoms with Gasteiger partial charge >= 0.3 is 0 Å². The number of rotatable bonds is 6. The first-order valence-electron chi connectivity index (χ1n) is 6.98. The molecule has 1 aromatic heterocycles. The maximum absolute atomic E-state index is 4.22. The summed E-state index contributed by atoms with van der Waals surface area (Å²) in [5, 5.41) is 7.67. The Kier molecular flexibility index (Phi) is 4.74. The van der Waals surface area contributed by atoms with Gasteiger partial charge in [0.15, 0.2) is 0 Å². The largest absolute Gasteiger partial charge is 0.313 e. The van der Waals surface area contributed by atoms with Crippen molar-refractivity contribution in [2.45, 2.75) is 32.2 Å². The Morgan fingerprint density at radius 2 is 2.05 bits per heavy atom. The van der Waals surface area contributed by atoms with Gasteiger partial charge in [-0.2, -0.15) is 5.10 Å². The molecule has 0 aliphatic rings. The van der Waals surface area contributed by atoms with Crippen LogP contribution in [0.4, 0.5) is 0 Å². The van der Waals surface area contributed by atoms with Gasteiger partial charge in [0.05, 0.1) is 0 Å². The van der Waals surface area contributed by atoms with E-state index in [2.05, 4.69) is 47.7 Å². The lowest BCUT2D eigenvalue weighted by molar-refractivity contribution is 0.532. The maximum atomic E-state index is 4.22. The fraction of sp³-hybridized carbons (Fsp3) is 0.438. The van der Waals surface area contributed by atoms with Gasteiger partial charge in [0.25, 0.3) is 0 Å². The van der Waals surface area contributed by atoms with Crippen LogP contribution in [0.2, 0.25) is 0 Å². The fourth-order valence-electron chi connectivity index (χ4n) is 2.59. The lowest BCUT2D eigenvalue weighted by Gasteiger charge is -2.19. The first-order valence-corrected chi connectivity index (χ1v) is 6.98. The fourth-order valence-corrected chi connectivity index (χ4v) is 2.59. The predicted molar refractivity (Wildman–Crippen MR) is 79.1 cm³/mol. The normalized spacial score (nSPS) is 12.6. The maximum Gasteiger partial charge on any atom is 0.0492 e. The van der Waals surface area contributed by atoms with Gasteiger partial charge in [-0.1, -0.05) is 31.2 Å². The second-order valence-corrected chi connectivity index (χ2v) is 4.88. The van der Waals surface area contributed by atoms with Crippen molar-refractivity contribution in [3.63, 3.8) is 0 Å². The van der Waals surface area contributed by atoms with E-state index >= 15 is 0 Å². The highest BCUT2D eigenvalue weighted by atomic mass is 15.2. The van der Waals surface area contributed by atoms with E-state index in [-0.39, 0.29) is 0 Å². The number of nitrogens with zero attached hydrogens (tertiary/aromatic N) is 2. The molecule has 0 amide bonds. The van der Waals surface area contributed by atoms with Crippen molar-refractivity contribution in [2.24, 2.45) is 7.05 Å². The van der Waals surface area contributed by atoms with Crippen molar-refractivity contribution in [1.82, 2.24) is 15.1 Å². The summed E-state index contributed by atoms with van der Waals surface area (Å²) in [6, 6.07) is 11.2. The summed E-state index contributed by atoms with van der Waals surface area (Å²) in [6.07, 6.45) is 5.08. The minimum Gasteiger partial charge on any atom is -0.313 e. The molecule has 0 aliphatic carbocycles. The van der Waals surface area contributed by atoms with Gasteiger partial charge in [-0.25, -0.2) is 0 Å². The number of hydrogen-bond donors (Lipinski definition) is 1. The molecule has 3 nitrogen and oxygen atoms in total. The molecule has 2 rings (SSSR count). The van der Waals surface area contributed by atoms with Crippen LogP contribution in [-0.4, -0.2) is 16.8 Å². The van der Waals surface area contributed by atoms with Gasteiger partial charge in [0.1, 0.15) is 0 Å². The Hall–Kier alpha value is -1.61. The van der Waals surface area contributed by atoms with Crippen molar-refractivity contribution in [3.05, 3.63) is 53.3 Å². The topological polar surface area (TPSA) is 29.9 Å². The summed E-state index contributed by atoms with van der Waals surface area (Å²) in [5.41, 5.74) is 4.15. The van der Waals surface area contributed by atoms with Crippen LogP contribution < -0.4 is 5.32 Å². The molecule has 0 bridgehead atoms. The highest BCUT2D eigenvalue weighted by molar-refractivity contribution is 5.30. The highest BCUT2D eigenvalue weighted by Crippen LogP contribution is 2.22. The molecular formula is C16H23N3. The van der Waals surface area contributed by atoms with E-state index in [0.29, 0.717) is 6.04 Å². The Morgan fingerprint density at radius 1 is 1.26 bits per heavy atom. The third-order valence-electron chi connectivity index (χ3n) is 3.77. The van der Waals surface area contributed by atoms with Crippen molar-refractivity contribution >= 4 is 0 Å². The number of hydrogen-bond acceptors (Lipinski definition) is 2. The molecule has 0 spiro atoms. The molecule has 1 N–H and O–H groups in total. The van der Waals surface area contributed by atoms with Crippen LogP contribution >= 0.6 is 0 Å². The van der Waals surface area contributed by atoms with Gasteiger partial charge in [-0.15, -0.1) is 0 Å². The summed E-state index contributed by atoms with van der Waals surface area (Å²) >= 11 is 0. The first kappa shape index (κ1) is 13.8. The molecule has 0 saturated heterocycles. The summed E-state index contributed by atoms with van der Waals surface area (Å²) in [4.78, 5) is 0. The molecule has 1 unspecified atom stereocenters. The molecule has 3 heteroatoms. The smallest absolute Gasteiger partial charge is 0.0492 e. The Morgan fingerprint density at radius 3 is 2.68 bits per heavy atom. The van der Waals surface area contributed by atoms with Crippen molar-refractivity contribution < 1.29 is 0 Å². The summed E-state index contributed by atoms with van der Waals surface area (Å²) < 4.78 is 1.96. The number of aryl methyl sites for hydroxylation is 3. The Balaban J connectivity index is 2.10. The lowest BCUT2D eigenvalue weighted by Crippen LogP contribution is -2.19. The zero-order chi connectivity index (χ0) is 13.7. The standard InChI is InChI=1S/C16H23N3/c1-4-13-7-5-6-8-15(13)16(17-2)10-9-14-11-12-18-19(14)3/h5-8,11-12,16-17H,4,9-10H2,1-3H3. The quantitative estimate of drug-likeness (QED) is 0.862. The lowest BCUT2D eigenvalue weighted by atomic mass is 9.95. The van der Waals surface area contributed by atoms with E-state index in [1.165, 1.54) is 16.8 Å². The molecule has 0 saturated carbocycles. The van der Waals surface area contributed by atoms with E-state index in [1.807, 2.05) is 25.0 Å². The number of aromatic nitrogens is 2. The average Bonchev–Trinajstić information content (AvgIpc) is 2.85. The molecular weight excluding hydrogens is 234 g/mol. The molecule has 0 fully saturated rings. The molecule has 19 heavy (non-hydrogen) atoms. The zero-order valence-electron chi connectivity index (χ0n) is 12.1. The van der Waals surface area contributed by atoms with Gasteiger partial charge in [0.2, 0.25) is 0 Å². The summed E-state index contributed by atoms with van der Waals surface area (Å²) in [7, 11) is 4.05. The van der Waals surface area contributed by atoms with Gasteiger partial charge < -0.3 is 5.32 Å². The molecule has 0 radical (unpaired) electrons. The van der Waals surface area contributed by atoms with Crippen LogP contribution in [0.25, 0.3) is 0 Å². The molecule has 1 atom stereocenters. The minimum atomic E-state index is 0.408. The van der Waals surface area contributed by atoms with Gasteiger partial charge in [-0.3, -0.25) is 4.68 Å². The highest BCUT2D eigenvalue weighted by Gasteiger charge is 2.13. The van der Waals surface area contributed by atoms with Crippen LogP contribution in [0.3, 0.4) is 0 Å². The Bertz CT molecular complexity index is 516. The number of benzene rings is 1. The van der Waals surface area contributed by atoms with E-state index in [0.717, 1.165) is 19.3 Å². The van der Waals surface area contributed by atoms with Crippen molar-refractivity contribution in [2.75, 3.05) is 7.05 Å². The second kappa shape index (κ2) is 6.53. The molecule has 2 aromatic rings. The van der Waals surface area contributed by atoms with Crippen LogP contribution in [0.1, 0.15) is 36.2 Å². The predicted octanol–water partition coefficient (Wildman–Crippen LogP) is 2.88. The monoisotopic (exact) mass is 257 g/mol. The molecule has 0 aliphatic heterocycles. The summed E-state index contributed by atoms with van der Waals surface area (Å²) in [6.45, 7) is 2.21. The summed E-state index contributed by atoms with van der Waals surface area (Å²) in [5.74, 6) is 0. The Labute approximate surface area is 115 Å². The van der Waals surface area contributed by atoms with Crippen LogP contribution in [-0.2, 0) is 19.9 Å².